The number of hydrogen-bond donors (Lipinski definition) is 1. The summed E-state index contributed by atoms with van der Waals surface area (Å²) in [5.41, 5.74) is 1.66. The topological polar surface area (TPSA) is 38.3 Å². The molecule has 0 atom stereocenters. The van der Waals surface area contributed by atoms with Gasteiger partial charge >= 0.3 is 0 Å². The summed E-state index contributed by atoms with van der Waals surface area (Å²) in [5, 5.41) is 2.86. The van der Waals surface area contributed by atoms with Crippen molar-refractivity contribution in [3.05, 3.63) is 29.3 Å². The van der Waals surface area contributed by atoms with Crippen molar-refractivity contribution in [1.82, 2.24) is 5.32 Å². The van der Waals surface area contributed by atoms with Gasteiger partial charge in [-0.15, -0.1) is 0 Å². The molecule has 3 nitrogen and oxygen atoms in total. The van der Waals surface area contributed by atoms with Gasteiger partial charge in [0.15, 0.2) is 0 Å². The van der Waals surface area contributed by atoms with E-state index in [1.807, 2.05) is 39.8 Å². The van der Waals surface area contributed by atoms with E-state index >= 15 is 0 Å². The lowest BCUT2D eigenvalue weighted by Crippen LogP contribution is -2.30. The minimum absolute atomic E-state index is 0.0406. The van der Waals surface area contributed by atoms with Gasteiger partial charge in [-0.1, -0.05) is 0 Å². The van der Waals surface area contributed by atoms with Gasteiger partial charge in [-0.3, -0.25) is 4.79 Å². The first-order valence-corrected chi connectivity index (χ1v) is 5.59. The van der Waals surface area contributed by atoms with Gasteiger partial charge in [0.2, 0.25) is 0 Å². The van der Waals surface area contributed by atoms with Crippen molar-refractivity contribution in [1.29, 1.82) is 0 Å². The van der Waals surface area contributed by atoms with Gasteiger partial charge in [-0.25, -0.2) is 0 Å². The minimum atomic E-state index is -0.0406. The lowest BCUT2D eigenvalue weighted by molar-refractivity contribution is 0.0943. The predicted molar refractivity (Wildman–Crippen MR) is 65.0 cm³/mol. The summed E-state index contributed by atoms with van der Waals surface area (Å²) in [7, 11) is 0. The molecule has 16 heavy (non-hydrogen) atoms. The zero-order valence-electron chi connectivity index (χ0n) is 10.3. The molecule has 88 valence electrons. The highest BCUT2D eigenvalue weighted by atomic mass is 16.5. The molecule has 1 aromatic carbocycles. The second-order valence-electron chi connectivity index (χ2n) is 4.04. The monoisotopic (exact) mass is 221 g/mol. The highest BCUT2D eigenvalue weighted by molar-refractivity contribution is 5.94. The maximum Gasteiger partial charge on any atom is 0.251 e. The number of rotatable bonds is 4. The molecular weight excluding hydrogens is 202 g/mol. The van der Waals surface area contributed by atoms with Crippen LogP contribution in [0.2, 0.25) is 0 Å². The first-order chi connectivity index (χ1) is 7.54. The smallest absolute Gasteiger partial charge is 0.251 e. The van der Waals surface area contributed by atoms with Gasteiger partial charge in [0.25, 0.3) is 5.91 Å². The van der Waals surface area contributed by atoms with Crippen LogP contribution in [-0.2, 0) is 0 Å². The second-order valence-corrected chi connectivity index (χ2v) is 4.04. The van der Waals surface area contributed by atoms with Crippen molar-refractivity contribution in [3.63, 3.8) is 0 Å². The Hall–Kier alpha value is -1.51. The van der Waals surface area contributed by atoms with Crippen LogP contribution in [0.15, 0.2) is 18.2 Å². The average molecular weight is 221 g/mol. The Morgan fingerprint density at radius 3 is 2.62 bits per heavy atom. The minimum Gasteiger partial charge on any atom is -0.494 e. The zero-order valence-corrected chi connectivity index (χ0v) is 10.3. The normalized spacial score (nSPS) is 10.3. The molecule has 0 bridgehead atoms. The molecule has 3 heteroatoms. The van der Waals surface area contributed by atoms with E-state index in [1.165, 1.54) is 0 Å². The van der Waals surface area contributed by atoms with Crippen LogP contribution in [0, 0.1) is 6.92 Å². The SMILES string of the molecule is CCOc1ccc(C(=O)NC(C)C)cc1C. The molecule has 0 fully saturated rings. The van der Waals surface area contributed by atoms with Crippen molar-refractivity contribution >= 4 is 5.91 Å². The molecule has 0 radical (unpaired) electrons. The van der Waals surface area contributed by atoms with Crippen LogP contribution < -0.4 is 10.1 Å². The number of amides is 1. The third-order valence-corrected chi connectivity index (χ3v) is 2.16. The molecule has 0 aliphatic rings. The Morgan fingerprint density at radius 1 is 1.44 bits per heavy atom. The number of carbonyl (C=O) groups is 1. The van der Waals surface area contributed by atoms with E-state index in [1.54, 1.807) is 6.07 Å². The standard InChI is InChI=1S/C13H19NO2/c1-5-16-12-7-6-11(8-10(12)4)13(15)14-9(2)3/h6-9H,5H2,1-4H3,(H,14,15). The molecule has 0 unspecified atom stereocenters. The van der Waals surface area contributed by atoms with E-state index < -0.39 is 0 Å². The van der Waals surface area contributed by atoms with Crippen LogP contribution in [0.3, 0.4) is 0 Å². The number of nitrogens with one attached hydrogen (secondary N) is 1. The molecule has 1 aromatic rings. The van der Waals surface area contributed by atoms with Crippen LogP contribution in [0.5, 0.6) is 5.75 Å². The van der Waals surface area contributed by atoms with Crippen molar-refractivity contribution in [2.75, 3.05) is 6.61 Å². The Bertz CT molecular complexity index is 372. The summed E-state index contributed by atoms with van der Waals surface area (Å²) in [5.74, 6) is 0.796. The summed E-state index contributed by atoms with van der Waals surface area (Å²) in [6.07, 6.45) is 0. The molecule has 1 N–H and O–H groups in total. The average Bonchev–Trinajstić information content (AvgIpc) is 2.20. The van der Waals surface area contributed by atoms with E-state index in [2.05, 4.69) is 5.32 Å². The number of aryl methyl sites for hydroxylation is 1. The third kappa shape index (κ3) is 3.26. The maximum absolute atomic E-state index is 11.7. The van der Waals surface area contributed by atoms with E-state index in [4.69, 9.17) is 4.74 Å². The molecule has 0 spiro atoms. The fourth-order valence-electron chi connectivity index (χ4n) is 1.45. The first-order valence-electron chi connectivity index (χ1n) is 5.59. The summed E-state index contributed by atoms with van der Waals surface area (Å²) in [6.45, 7) is 8.41. The molecular formula is C13H19NO2. The Morgan fingerprint density at radius 2 is 2.12 bits per heavy atom. The Balaban J connectivity index is 2.84. The Labute approximate surface area is 96.8 Å². The third-order valence-electron chi connectivity index (χ3n) is 2.16. The molecule has 0 aromatic heterocycles. The maximum atomic E-state index is 11.7. The molecule has 1 rings (SSSR count). The van der Waals surface area contributed by atoms with Crippen molar-refractivity contribution in [2.24, 2.45) is 0 Å². The Kier molecular flexibility index (Phi) is 4.35. The lowest BCUT2D eigenvalue weighted by Gasteiger charge is -2.11. The zero-order chi connectivity index (χ0) is 12.1. The molecule has 0 aliphatic heterocycles. The van der Waals surface area contributed by atoms with Gasteiger partial charge in [-0.05, 0) is 51.5 Å². The van der Waals surface area contributed by atoms with Crippen LogP contribution in [0.25, 0.3) is 0 Å². The van der Waals surface area contributed by atoms with E-state index in [9.17, 15) is 4.79 Å². The fourth-order valence-corrected chi connectivity index (χ4v) is 1.45. The number of carbonyl (C=O) groups excluding carboxylic acids is 1. The van der Waals surface area contributed by atoms with Gasteiger partial charge in [0.05, 0.1) is 6.61 Å². The van der Waals surface area contributed by atoms with E-state index in [-0.39, 0.29) is 11.9 Å². The summed E-state index contributed by atoms with van der Waals surface area (Å²) >= 11 is 0. The summed E-state index contributed by atoms with van der Waals surface area (Å²) < 4.78 is 5.42. The molecule has 0 saturated heterocycles. The molecule has 0 aliphatic carbocycles. The fraction of sp³-hybridized carbons (Fsp3) is 0.462. The van der Waals surface area contributed by atoms with Gasteiger partial charge in [0.1, 0.15) is 5.75 Å². The highest BCUT2D eigenvalue weighted by Gasteiger charge is 2.08. The largest absolute Gasteiger partial charge is 0.494 e. The summed E-state index contributed by atoms with van der Waals surface area (Å²) in [4.78, 5) is 11.7. The van der Waals surface area contributed by atoms with E-state index in [0.29, 0.717) is 12.2 Å². The molecule has 0 saturated carbocycles. The molecule has 0 heterocycles. The van der Waals surface area contributed by atoms with Crippen LogP contribution >= 0.6 is 0 Å². The van der Waals surface area contributed by atoms with Crippen LogP contribution in [-0.4, -0.2) is 18.6 Å². The van der Waals surface area contributed by atoms with Crippen molar-refractivity contribution < 1.29 is 9.53 Å². The highest BCUT2D eigenvalue weighted by Crippen LogP contribution is 2.19. The number of ether oxygens (including phenoxy) is 1. The number of benzene rings is 1. The predicted octanol–water partition coefficient (Wildman–Crippen LogP) is 2.53. The van der Waals surface area contributed by atoms with E-state index in [0.717, 1.165) is 11.3 Å². The second kappa shape index (κ2) is 5.54. The van der Waals surface area contributed by atoms with Gasteiger partial charge < -0.3 is 10.1 Å². The van der Waals surface area contributed by atoms with Gasteiger partial charge in [0, 0.05) is 11.6 Å². The first kappa shape index (κ1) is 12.6. The molecule has 1 amide bonds. The van der Waals surface area contributed by atoms with Crippen molar-refractivity contribution in [2.45, 2.75) is 33.7 Å². The number of hydrogen-bond acceptors (Lipinski definition) is 2. The lowest BCUT2D eigenvalue weighted by atomic mass is 10.1. The summed E-state index contributed by atoms with van der Waals surface area (Å²) in [6, 6.07) is 5.63. The van der Waals surface area contributed by atoms with Crippen molar-refractivity contribution in [3.8, 4) is 5.75 Å². The quantitative estimate of drug-likeness (QED) is 0.848. The van der Waals surface area contributed by atoms with Crippen LogP contribution in [0.4, 0.5) is 0 Å². The van der Waals surface area contributed by atoms with Gasteiger partial charge in [-0.2, -0.15) is 0 Å². The van der Waals surface area contributed by atoms with Crippen LogP contribution in [0.1, 0.15) is 36.7 Å².